The number of carbonyl (C=O) groups excluding carboxylic acids is 2. The van der Waals surface area contributed by atoms with Gasteiger partial charge in [0.25, 0.3) is 0 Å². The molecule has 2 amide bonds. The van der Waals surface area contributed by atoms with E-state index in [-0.39, 0.29) is 0 Å². The van der Waals surface area contributed by atoms with E-state index in [1.165, 1.54) is 7.11 Å². The molecule has 2 N–H and O–H groups in total. The van der Waals surface area contributed by atoms with Crippen LogP contribution >= 0.6 is 22.6 Å². The zero-order valence-electron chi connectivity index (χ0n) is 12.6. The zero-order valence-corrected chi connectivity index (χ0v) is 14.7. The van der Waals surface area contributed by atoms with Crippen LogP contribution in [0.1, 0.15) is 5.56 Å². The third-order valence-corrected chi connectivity index (χ3v) is 3.89. The van der Waals surface area contributed by atoms with Gasteiger partial charge in [-0.3, -0.25) is 0 Å². The quantitative estimate of drug-likeness (QED) is 0.573. The first-order valence-electron chi connectivity index (χ1n) is 7.03. The first-order valence-corrected chi connectivity index (χ1v) is 8.11. The fourth-order valence-electron chi connectivity index (χ4n) is 2.04. The number of benzene rings is 2. The molecule has 0 bridgehead atoms. The van der Waals surface area contributed by atoms with Crippen LogP contribution in [0.4, 0.5) is 10.5 Å². The van der Waals surface area contributed by atoms with Gasteiger partial charge in [-0.1, -0.05) is 30.3 Å². The molecule has 23 heavy (non-hydrogen) atoms. The highest BCUT2D eigenvalue weighted by Gasteiger charge is 2.21. The van der Waals surface area contributed by atoms with Crippen LogP contribution in [0.15, 0.2) is 54.6 Å². The van der Waals surface area contributed by atoms with Crippen molar-refractivity contribution in [2.24, 2.45) is 0 Å². The van der Waals surface area contributed by atoms with Gasteiger partial charge in [0.05, 0.1) is 7.11 Å². The van der Waals surface area contributed by atoms with Gasteiger partial charge in [0.1, 0.15) is 6.04 Å². The average molecular weight is 424 g/mol. The fraction of sp³-hybridized carbons (Fsp3) is 0.176. The second kappa shape index (κ2) is 8.52. The molecule has 2 rings (SSSR count). The third kappa shape index (κ3) is 5.55. The number of rotatable bonds is 5. The van der Waals surface area contributed by atoms with Gasteiger partial charge in [-0.25, -0.2) is 9.59 Å². The minimum Gasteiger partial charge on any atom is -0.467 e. The summed E-state index contributed by atoms with van der Waals surface area (Å²) in [5.41, 5.74) is 1.60. The van der Waals surface area contributed by atoms with E-state index in [9.17, 15) is 9.59 Å². The molecule has 0 aliphatic heterocycles. The molecule has 1 atom stereocenters. The number of anilines is 1. The van der Waals surface area contributed by atoms with Gasteiger partial charge in [-0.2, -0.15) is 0 Å². The van der Waals surface area contributed by atoms with Crippen molar-refractivity contribution in [3.63, 3.8) is 0 Å². The molecule has 1 unspecified atom stereocenters. The molecular formula is C17H17IN2O3. The van der Waals surface area contributed by atoms with Gasteiger partial charge in [-0.15, -0.1) is 0 Å². The molecule has 0 aromatic heterocycles. The van der Waals surface area contributed by atoms with Crippen LogP contribution in [0.3, 0.4) is 0 Å². The van der Waals surface area contributed by atoms with Crippen LogP contribution in [-0.4, -0.2) is 25.2 Å². The highest BCUT2D eigenvalue weighted by atomic mass is 127. The molecule has 0 aliphatic rings. The maximum atomic E-state index is 12.1. The second-order valence-corrected chi connectivity index (χ2v) is 6.12. The number of halogens is 1. The van der Waals surface area contributed by atoms with E-state index in [0.29, 0.717) is 12.1 Å². The fourth-order valence-corrected chi connectivity index (χ4v) is 2.40. The summed E-state index contributed by atoms with van der Waals surface area (Å²) in [6.45, 7) is 0. The van der Waals surface area contributed by atoms with E-state index >= 15 is 0 Å². The summed E-state index contributed by atoms with van der Waals surface area (Å²) >= 11 is 2.19. The Labute approximate surface area is 148 Å². The van der Waals surface area contributed by atoms with Crippen molar-refractivity contribution < 1.29 is 14.3 Å². The van der Waals surface area contributed by atoms with Gasteiger partial charge in [0.15, 0.2) is 0 Å². The molecule has 2 aromatic rings. The summed E-state index contributed by atoms with van der Waals surface area (Å²) in [6, 6.07) is 15.6. The number of carbonyl (C=O) groups is 2. The van der Waals surface area contributed by atoms with Crippen LogP contribution in [0.2, 0.25) is 0 Å². The number of esters is 1. The number of urea groups is 1. The lowest BCUT2D eigenvalue weighted by Crippen LogP contribution is -2.45. The second-order valence-electron chi connectivity index (χ2n) is 4.87. The van der Waals surface area contributed by atoms with Crippen molar-refractivity contribution in [1.29, 1.82) is 0 Å². The van der Waals surface area contributed by atoms with Crippen molar-refractivity contribution in [3.05, 3.63) is 63.7 Å². The van der Waals surface area contributed by atoms with E-state index in [1.54, 1.807) is 12.1 Å². The molecule has 0 spiro atoms. The van der Waals surface area contributed by atoms with Crippen molar-refractivity contribution in [3.8, 4) is 0 Å². The van der Waals surface area contributed by atoms with Crippen LogP contribution in [-0.2, 0) is 16.0 Å². The summed E-state index contributed by atoms with van der Waals surface area (Å²) in [4.78, 5) is 24.0. The zero-order chi connectivity index (χ0) is 16.7. The number of ether oxygens (including phenoxy) is 1. The summed E-state index contributed by atoms with van der Waals surface area (Å²) in [5, 5.41) is 5.36. The van der Waals surface area contributed by atoms with E-state index in [1.807, 2.05) is 42.5 Å². The van der Waals surface area contributed by atoms with Crippen molar-refractivity contribution >= 4 is 40.3 Å². The molecule has 0 saturated heterocycles. The first kappa shape index (κ1) is 17.3. The Morgan fingerprint density at radius 3 is 2.35 bits per heavy atom. The molecule has 0 radical (unpaired) electrons. The Morgan fingerprint density at radius 2 is 1.74 bits per heavy atom. The molecule has 6 heteroatoms. The Hall–Kier alpha value is -2.09. The number of nitrogens with one attached hydrogen (secondary N) is 2. The Balaban J connectivity index is 2.00. The Morgan fingerprint density at radius 1 is 1.09 bits per heavy atom. The molecule has 0 saturated carbocycles. The lowest BCUT2D eigenvalue weighted by atomic mass is 10.1. The SMILES string of the molecule is COC(=O)C(Cc1ccccc1)NC(=O)Nc1ccc(I)cc1. The normalized spacial score (nSPS) is 11.4. The molecule has 0 aliphatic carbocycles. The Kier molecular flexibility index (Phi) is 6.40. The number of methoxy groups -OCH3 is 1. The van der Waals surface area contributed by atoms with Crippen LogP contribution in [0, 0.1) is 3.57 Å². The number of hydrogen-bond donors (Lipinski definition) is 2. The highest BCUT2D eigenvalue weighted by molar-refractivity contribution is 14.1. The molecular weight excluding hydrogens is 407 g/mol. The average Bonchev–Trinajstić information content (AvgIpc) is 2.56. The van der Waals surface area contributed by atoms with Crippen LogP contribution < -0.4 is 10.6 Å². The minimum absolute atomic E-state index is 0.369. The highest BCUT2D eigenvalue weighted by Crippen LogP contribution is 2.11. The molecule has 5 nitrogen and oxygen atoms in total. The third-order valence-electron chi connectivity index (χ3n) is 3.18. The van der Waals surface area contributed by atoms with Crippen molar-refractivity contribution in [2.75, 3.05) is 12.4 Å². The number of hydrogen-bond acceptors (Lipinski definition) is 3. The van der Waals surface area contributed by atoms with Gasteiger partial charge in [-0.05, 0) is 52.4 Å². The summed E-state index contributed by atoms with van der Waals surface area (Å²) in [7, 11) is 1.30. The topological polar surface area (TPSA) is 67.4 Å². The molecule has 2 aromatic carbocycles. The lowest BCUT2D eigenvalue weighted by molar-refractivity contribution is -0.142. The van der Waals surface area contributed by atoms with Gasteiger partial charge in [0.2, 0.25) is 0 Å². The predicted octanol–water partition coefficient (Wildman–Crippen LogP) is 3.20. The summed E-state index contributed by atoms with van der Waals surface area (Å²) < 4.78 is 5.84. The predicted molar refractivity (Wildman–Crippen MR) is 97.3 cm³/mol. The van der Waals surface area contributed by atoms with Gasteiger partial charge in [0, 0.05) is 15.7 Å². The molecule has 0 heterocycles. The molecule has 120 valence electrons. The summed E-state index contributed by atoms with van der Waals surface area (Å²) in [5.74, 6) is -0.480. The smallest absolute Gasteiger partial charge is 0.328 e. The van der Waals surface area contributed by atoms with Crippen LogP contribution in [0.25, 0.3) is 0 Å². The van der Waals surface area contributed by atoms with Gasteiger partial charge < -0.3 is 15.4 Å². The van der Waals surface area contributed by atoms with Crippen LogP contribution in [0.5, 0.6) is 0 Å². The summed E-state index contributed by atoms with van der Waals surface area (Å²) in [6.07, 6.45) is 0.369. The van der Waals surface area contributed by atoms with Gasteiger partial charge >= 0.3 is 12.0 Å². The van der Waals surface area contributed by atoms with Crippen molar-refractivity contribution in [1.82, 2.24) is 5.32 Å². The standard InChI is InChI=1S/C17H17IN2O3/c1-23-16(21)15(11-12-5-3-2-4-6-12)20-17(22)19-14-9-7-13(18)8-10-14/h2-10,15H,11H2,1H3,(H2,19,20,22). The van der Waals surface area contributed by atoms with E-state index in [4.69, 9.17) is 4.74 Å². The van der Waals surface area contributed by atoms with Crippen molar-refractivity contribution in [2.45, 2.75) is 12.5 Å². The monoisotopic (exact) mass is 424 g/mol. The first-order chi connectivity index (χ1) is 11.1. The Bertz CT molecular complexity index is 659. The largest absolute Gasteiger partial charge is 0.467 e. The van der Waals surface area contributed by atoms with E-state index in [2.05, 4.69) is 33.2 Å². The van der Waals surface area contributed by atoms with E-state index in [0.717, 1.165) is 9.13 Å². The minimum atomic E-state index is -0.744. The maximum Gasteiger partial charge on any atom is 0.328 e. The maximum absolute atomic E-state index is 12.1. The number of amides is 2. The van der Waals surface area contributed by atoms with E-state index < -0.39 is 18.0 Å². The molecule has 0 fully saturated rings. The lowest BCUT2D eigenvalue weighted by Gasteiger charge is -2.17.